The lowest BCUT2D eigenvalue weighted by molar-refractivity contribution is 0.597. The number of nitrogens with two attached hydrogens (primary N) is 1. The fraction of sp³-hybridized carbons (Fsp3) is 0.0588. The molecule has 0 unspecified atom stereocenters. The fourth-order valence-electron chi connectivity index (χ4n) is 2.32. The van der Waals surface area contributed by atoms with Crippen LogP contribution in [-0.4, -0.2) is 18.2 Å². The highest BCUT2D eigenvalue weighted by Crippen LogP contribution is 2.18. The molecule has 0 amide bonds. The zero-order valence-corrected chi connectivity index (χ0v) is 15.3. The summed E-state index contributed by atoms with van der Waals surface area (Å²) in [6.07, 6.45) is 1.38. The zero-order valence-electron chi connectivity index (χ0n) is 13.8. The molecule has 0 saturated carbocycles. The van der Waals surface area contributed by atoms with Gasteiger partial charge in [0.05, 0.1) is 22.5 Å². The van der Waals surface area contributed by atoms with E-state index in [4.69, 9.17) is 16.7 Å². The Morgan fingerprint density at radius 3 is 2.33 bits per heavy atom. The Morgan fingerprint density at radius 1 is 1.11 bits per heavy atom. The van der Waals surface area contributed by atoms with Gasteiger partial charge in [0.2, 0.25) is 10.0 Å². The van der Waals surface area contributed by atoms with Gasteiger partial charge in [-0.15, -0.1) is 0 Å². The van der Waals surface area contributed by atoms with Crippen LogP contribution in [0.2, 0.25) is 5.02 Å². The van der Waals surface area contributed by atoms with Gasteiger partial charge in [-0.3, -0.25) is 4.79 Å². The van der Waals surface area contributed by atoms with Gasteiger partial charge in [-0.05, 0) is 42.0 Å². The van der Waals surface area contributed by atoms with Crippen LogP contribution in [0.4, 0.5) is 10.1 Å². The number of halogens is 2. The number of rotatable bonds is 5. The molecule has 3 aromatic rings. The second-order valence-electron chi connectivity index (χ2n) is 5.61. The molecule has 0 atom stereocenters. The van der Waals surface area contributed by atoms with E-state index < -0.39 is 15.6 Å². The average Bonchev–Trinajstić information content (AvgIpc) is 2.64. The summed E-state index contributed by atoms with van der Waals surface area (Å²) < 4.78 is 36.6. The number of hydrogen-bond acceptors (Lipinski definition) is 5. The molecule has 3 N–H and O–H groups in total. The van der Waals surface area contributed by atoms with Gasteiger partial charge in [0.1, 0.15) is 10.8 Å². The minimum Gasteiger partial charge on any atom is -0.378 e. The Bertz CT molecular complexity index is 1130. The van der Waals surface area contributed by atoms with Gasteiger partial charge in [-0.1, -0.05) is 23.7 Å². The molecule has 3 rings (SSSR count). The first-order valence-electron chi connectivity index (χ1n) is 7.65. The van der Waals surface area contributed by atoms with Crippen molar-refractivity contribution < 1.29 is 12.8 Å². The van der Waals surface area contributed by atoms with E-state index in [0.717, 1.165) is 10.2 Å². The molecule has 0 aliphatic heterocycles. The van der Waals surface area contributed by atoms with Crippen molar-refractivity contribution in [2.75, 3.05) is 5.32 Å². The fourth-order valence-corrected chi connectivity index (χ4v) is 3.03. The van der Waals surface area contributed by atoms with E-state index in [9.17, 15) is 17.6 Å². The number of anilines is 1. The normalized spacial score (nSPS) is 11.4. The van der Waals surface area contributed by atoms with Crippen LogP contribution in [0.1, 0.15) is 5.56 Å². The lowest BCUT2D eigenvalue weighted by atomic mass is 10.2. The second kappa shape index (κ2) is 7.47. The zero-order chi connectivity index (χ0) is 19.6. The number of aromatic nitrogens is 2. The van der Waals surface area contributed by atoms with E-state index in [0.29, 0.717) is 17.9 Å². The van der Waals surface area contributed by atoms with Crippen LogP contribution in [0.25, 0.3) is 5.69 Å². The summed E-state index contributed by atoms with van der Waals surface area (Å²) in [5.41, 5.74) is 0.877. The predicted molar refractivity (Wildman–Crippen MR) is 99.9 cm³/mol. The Kier molecular flexibility index (Phi) is 5.26. The summed E-state index contributed by atoms with van der Waals surface area (Å²) in [6, 6.07) is 11.2. The maximum atomic E-state index is 12.9. The first-order valence-corrected chi connectivity index (χ1v) is 9.57. The first-order chi connectivity index (χ1) is 12.8. The molecular formula is C17H14ClFN4O3S. The third kappa shape index (κ3) is 4.33. The third-order valence-corrected chi connectivity index (χ3v) is 5.02. The van der Waals surface area contributed by atoms with Crippen LogP contribution in [0.3, 0.4) is 0 Å². The second-order valence-corrected chi connectivity index (χ2v) is 7.55. The number of hydrogen-bond donors (Lipinski definition) is 2. The smallest absolute Gasteiger partial charge is 0.292 e. The number of nitrogens with zero attached hydrogens (tertiary/aromatic N) is 2. The van der Waals surface area contributed by atoms with Crippen LogP contribution in [-0.2, 0) is 16.6 Å². The Morgan fingerprint density at radius 2 is 1.74 bits per heavy atom. The molecule has 1 heterocycles. The summed E-state index contributed by atoms with van der Waals surface area (Å²) in [5, 5.41) is 12.0. The average molecular weight is 409 g/mol. The molecule has 0 aliphatic rings. The standard InChI is InChI=1S/C17H14ClFN4O3S/c18-16-15(21-9-11-1-3-12(19)4-2-11)10-22-23(17(16)24)13-5-7-14(8-6-13)27(20,25)26/h1-8,10,21H,9H2,(H2,20,25,26). The van der Waals surface area contributed by atoms with Crippen LogP contribution < -0.4 is 16.0 Å². The molecule has 10 heteroatoms. The molecule has 140 valence electrons. The molecule has 0 bridgehead atoms. The van der Waals surface area contributed by atoms with E-state index in [1.807, 2.05) is 0 Å². The van der Waals surface area contributed by atoms with Gasteiger partial charge in [0.25, 0.3) is 5.56 Å². The minimum absolute atomic E-state index is 0.0806. The Balaban J connectivity index is 1.84. The van der Waals surface area contributed by atoms with E-state index in [-0.39, 0.29) is 15.7 Å². The third-order valence-electron chi connectivity index (χ3n) is 3.72. The molecule has 0 radical (unpaired) electrons. The summed E-state index contributed by atoms with van der Waals surface area (Å²) in [5.74, 6) is -0.338. The maximum absolute atomic E-state index is 12.9. The van der Waals surface area contributed by atoms with Crippen molar-refractivity contribution in [2.45, 2.75) is 11.4 Å². The summed E-state index contributed by atoms with van der Waals surface area (Å²) in [4.78, 5) is 12.4. The van der Waals surface area contributed by atoms with Crippen molar-refractivity contribution in [1.29, 1.82) is 0 Å². The molecule has 0 saturated heterocycles. The van der Waals surface area contributed by atoms with Crippen molar-refractivity contribution in [2.24, 2.45) is 5.14 Å². The maximum Gasteiger partial charge on any atom is 0.292 e. The number of benzene rings is 2. The van der Waals surface area contributed by atoms with Crippen molar-refractivity contribution in [3.8, 4) is 5.69 Å². The van der Waals surface area contributed by atoms with Crippen molar-refractivity contribution >= 4 is 27.3 Å². The minimum atomic E-state index is -3.83. The number of primary sulfonamides is 1. The molecule has 27 heavy (non-hydrogen) atoms. The lowest BCUT2D eigenvalue weighted by Crippen LogP contribution is -2.23. The molecule has 0 aliphatic carbocycles. The van der Waals surface area contributed by atoms with Gasteiger partial charge in [0.15, 0.2) is 0 Å². The number of sulfonamides is 1. The van der Waals surface area contributed by atoms with Gasteiger partial charge in [-0.2, -0.15) is 9.78 Å². The molecular weight excluding hydrogens is 395 g/mol. The van der Waals surface area contributed by atoms with E-state index >= 15 is 0 Å². The highest BCUT2D eigenvalue weighted by molar-refractivity contribution is 7.89. The molecule has 7 nitrogen and oxygen atoms in total. The summed E-state index contributed by atoms with van der Waals surface area (Å²) >= 11 is 6.13. The largest absolute Gasteiger partial charge is 0.378 e. The highest BCUT2D eigenvalue weighted by atomic mass is 35.5. The van der Waals surface area contributed by atoms with Crippen molar-refractivity contribution in [3.63, 3.8) is 0 Å². The first kappa shape index (κ1) is 19.0. The Hall–Kier alpha value is -2.75. The summed E-state index contributed by atoms with van der Waals surface area (Å²) in [7, 11) is -3.83. The monoisotopic (exact) mass is 408 g/mol. The van der Waals surface area contributed by atoms with Crippen LogP contribution in [0.15, 0.2) is 64.4 Å². The van der Waals surface area contributed by atoms with E-state index in [2.05, 4.69) is 10.4 Å². The van der Waals surface area contributed by atoms with Gasteiger partial charge in [-0.25, -0.2) is 17.9 Å². The topological polar surface area (TPSA) is 107 Å². The van der Waals surface area contributed by atoms with Crippen molar-refractivity contribution in [1.82, 2.24) is 9.78 Å². The lowest BCUT2D eigenvalue weighted by Gasteiger charge is -2.11. The van der Waals surface area contributed by atoms with Gasteiger partial charge >= 0.3 is 0 Å². The van der Waals surface area contributed by atoms with Crippen LogP contribution >= 0.6 is 11.6 Å². The molecule has 1 aromatic heterocycles. The van der Waals surface area contributed by atoms with E-state index in [1.54, 1.807) is 12.1 Å². The quantitative estimate of drug-likeness (QED) is 0.673. The molecule has 0 spiro atoms. The van der Waals surface area contributed by atoms with Gasteiger partial charge in [0, 0.05) is 6.54 Å². The molecule has 0 fully saturated rings. The summed E-state index contributed by atoms with van der Waals surface area (Å²) in [6.45, 7) is 0.328. The SMILES string of the molecule is NS(=O)(=O)c1ccc(-n2ncc(NCc3ccc(F)cc3)c(Cl)c2=O)cc1. The van der Waals surface area contributed by atoms with Crippen LogP contribution in [0, 0.1) is 5.82 Å². The predicted octanol–water partition coefficient (Wildman–Crippen LogP) is 2.28. The number of nitrogens with one attached hydrogen (secondary N) is 1. The van der Waals surface area contributed by atoms with Crippen LogP contribution in [0.5, 0.6) is 0 Å². The molecule has 2 aromatic carbocycles. The Labute approximate surface area is 159 Å². The van der Waals surface area contributed by atoms with Gasteiger partial charge < -0.3 is 5.32 Å². The van der Waals surface area contributed by atoms with Crippen molar-refractivity contribution in [3.05, 3.63) is 81.5 Å². The highest BCUT2D eigenvalue weighted by Gasteiger charge is 2.12. The van der Waals surface area contributed by atoms with E-state index in [1.165, 1.54) is 42.6 Å².